The predicted octanol–water partition coefficient (Wildman–Crippen LogP) is 6.32. The zero-order chi connectivity index (χ0) is 32.3. The Morgan fingerprint density at radius 2 is 1.27 bits per heavy atom. The van der Waals surface area contributed by atoms with Crippen molar-refractivity contribution in [2.75, 3.05) is 48.4 Å². The lowest BCUT2D eigenvalue weighted by molar-refractivity contribution is 0.311. The Bertz CT molecular complexity index is 1740. The van der Waals surface area contributed by atoms with Crippen molar-refractivity contribution >= 4 is 58.3 Å². The molecule has 5 rings (SSSR count). The first-order valence-corrected chi connectivity index (χ1v) is 14.9. The molecule has 0 fully saturated rings. The number of anilines is 4. The highest BCUT2D eigenvalue weighted by atomic mass is 35.5. The number of rotatable bonds is 10. The number of nitrogens with two attached hydrogens (primary N) is 2. The third-order valence-corrected chi connectivity index (χ3v) is 7.39. The van der Waals surface area contributed by atoms with Crippen LogP contribution in [0, 0.1) is 13.8 Å². The highest BCUT2D eigenvalue weighted by molar-refractivity contribution is 6.32. The van der Waals surface area contributed by atoms with Crippen molar-refractivity contribution in [3.05, 3.63) is 93.1 Å². The maximum atomic E-state index is 8.81. The fourth-order valence-electron chi connectivity index (χ4n) is 4.13. The van der Waals surface area contributed by atoms with Crippen LogP contribution in [0.15, 0.2) is 66.9 Å². The average Bonchev–Trinajstić information content (AvgIpc) is 3.01. The SMILES string of the molecule is Cc1c(Cl)cccc1-c1cc(NCCO)nc(N)n1.Cc1c(Cl)cccc1-c1cc(NCCOc2ccc(Cl)cn2)nc(N)n1. The molecule has 0 aliphatic carbocycles. The van der Waals surface area contributed by atoms with E-state index in [1.165, 1.54) is 6.20 Å². The number of aromatic nitrogens is 5. The molecule has 5 aromatic rings. The highest BCUT2D eigenvalue weighted by Crippen LogP contribution is 2.29. The van der Waals surface area contributed by atoms with Gasteiger partial charge < -0.3 is 31.9 Å². The van der Waals surface area contributed by atoms with E-state index < -0.39 is 0 Å². The number of aliphatic hydroxyl groups excluding tert-OH is 1. The third-order valence-electron chi connectivity index (χ3n) is 6.35. The van der Waals surface area contributed by atoms with E-state index in [9.17, 15) is 0 Å². The molecule has 0 aliphatic rings. The van der Waals surface area contributed by atoms with Crippen molar-refractivity contribution in [3.63, 3.8) is 0 Å². The zero-order valence-corrected chi connectivity index (χ0v) is 26.8. The number of ether oxygens (including phenoxy) is 1. The molecule has 0 atom stereocenters. The summed E-state index contributed by atoms with van der Waals surface area (Å²) >= 11 is 18.1. The topological polar surface area (TPSA) is 170 Å². The quantitative estimate of drug-likeness (QED) is 0.106. The van der Waals surface area contributed by atoms with Gasteiger partial charge in [-0.2, -0.15) is 9.97 Å². The van der Waals surface area contributed by atoms with Gasteiger partial charge in [-0.05, 0) is 43.2 Å². The first-order chi connectivity index (χ1) is 21.6. The second-order valence-corrected chi connectivity index (χ2v) is 10.8. The van der Waals surface area contributed by atoms with Gasteiger partial charge in [-0.25, -0.2) is 15.0 Å². The van der Waals surface area contributed by atoms with Crippen molar-refractivity contribution < 1.29 is 9.84 Å². The number of pyridine rings is 1. The largest absolute Gasteiger partial charge is 0.476 e. The van der Waals surface area contributed by atoms with E-state index in [2.05, 4.69) is 35.6 Å². The van der Waals surface area contributed by atoms with Crippen LogP contribution in [-0.4, -0.2) is 56.3 Å². The average molecular weight is 669 g/mol. The molecule has 0 saturated carbocycles. The fraction of sp³-hybridized carbons (Fsp3) is 0.194. The maximum absolute atomic E-state index is 8.81. The fourth-order valence-corrected chi connectivity index (χ4v) is 4.59. The zero-order valence-electron chi connectivity index (χ0n) is 24.6. The molecule has 0 radical (unpaired) electrons. The summed E-state index contributed by atoms with van der Waals surface area (Å²) in [6.45, 7) is 5.23. The molecule has 3 aromatic heterocycles. The van der Waals surface area contributed by atoms with E-state index in [-0.39, 0.29) is 18.5 Å². The first-order valence-electron chi connectivity index (χ1n) is 13.8. The summed E-state index contributed by atoms with van der Waals surface area (Å²) in [5.74, 6) is 2.06. The third kappa shape index (κ3) is 9.53. The summed E-state index contributed by atoms with van der Waals surface area (Å²) in [5, 5.41) is 16.9. The molecule has 234 valence electrons. The van der Waals surface area contributed by atoms with E-state index in [0.29, 0.717) is 63.7 Å². The Hall–Kier alpha value is -4.42. The van der Waals surface area contributed by atoms with E-state index in [1.54, 1.807) is 18.2 Å². The van der Waals surface area contributed by atoms with Crippen LogP contribution in [0.25, 0.3) is 22.5 Å². The Morgan fingerprint density at radius 1 is 0.733 bits per heavy atom. The minimum Gasteiger partial charge on any atom is -0.476 e. The van der Waals surface area contributed by atoms with Crippen LogP contribution in [0.4, 0.5) is 23.5 Å². The van der Waals surface area contributed by atoms with Crippen molar-refractivity contribution in [2.45, 2.75) is 13.8 Å². The van der Waals surface area contributed by atoms with Crippen molar-refractivity contribution in [1.29, 1.82) is 0 Å². The summed E-state index contributed by atoms with van der Waals surface area (Å²) in [6, 6.07) is 18.3. The van der Waals surface area contributed by atoms with Crippen LogP contribution < -0.4 is 26.8 Å². The molecule has 0 saturated heterocycles. The Morgan fingerprint density at radius 3 is 1.76 bits per heavy atom. The minimum atomic E-state index is 0.0232. The van der Waals surface area contributed by atoms with Gasteiger partial charge in [0, 0.05) is 52.1 Å². The van der Waals surface area contributed by atoms with Gasteiger partial charge in [0.05, 0.1) is 29.6 Å². The van der Waals surface area contributed by atoms with Crippen LogP contribution in [0.5, 0.6) is 5.88 Å². The van der Waals surface area contributed by atoms with E-state index in [1.807, 2.05) is 56.3 Å². The molecule has 11 nitrogen and oxygen atoms in total. The molecule has 14 heteroatoms. The lowest BCUT2D eigenvalue weighted by Crippen LogP contribution is -2.13. The standard InChI is InChI=1S/C18H17Cl2N5O.C13H15ClN4O/c1-11-13(3-2-4-14(11)20)15-9-16(25-18(21)24-15)22-7-8-26-17-6-5-12(19)10-23-17;1-8-9(3-2-4-10(8)14)11-7-12(16-5-6-19)18-13(15)17-11/h2-6,9-10H,7-8H2,1H3,(H3,21,22,24,25);2-4,7,19H,5-6H2,1H3,(H3,15,16,17,18). The number of nitrogens with one attached hydrogen (secondary N) is 2. The van der Waals surface area contributed by atoms with Gasteiger partial charge in [-0.1, -0.05) is 59.1 Å². The van der Waals surface area contributed by atoms with E-state index in [4.69, 9.17) is 56.1 Å². The number of halogens is 3. The first kappa shape index (κ1) is 33.5. The molecule has 3 heterocycles. The second kappa shape index (κ2) is 16.1. The molecule has 0 aliphatic heterocycles. The molecule has 7 N–H and O–H groups in total. The number of hydrogen-bond donors (Lipinski definition) is 5. The van der Waals surface area contributed by atoms with Gasteiger partial charge in [0.25, 0.3) is 0 Å². The van der Waals surface area contributed by atoms with E-state index >= 15 is 0 Å². The number of nitrogens with zero attached hydrogens (tertiary/aromatic N) is 5. The number of nitrogen functional groups attached to an aromatic ring is 2. The normalized spacial score (nSPS) is 10.5. The van der Waals surface area contributed by atoms with Crippen LogP contribution in [0.1, 0.15) is 11.1 Å². The van der Waals surface area contributed by atoms with Gasteiger partial charge in [-0.3, -0.25) is 0 Å². The molecule has 0 unspecified atom stereocenters. The summed E-state index contributed by atoms with van der Waals surface area (Å²) in [5.41, 5.74) is 16.7. The molecule has 45 heavy (non-hydrogen) atoms. The van der Waals surface area contributed by atoms with Gasteiger partial charge in [0.1, 0.15) is 18.2 Å². The van der Waals surface area contributed by atoms with Crippen molar-refractivity contribution in [2.24, 2.45) is 0 Å². The van der Waals surface area contributed by atoms with Gasteiger partial charge >= 0.3 is 0 Å². The Balaban J connectivity index is 0.000000215. The van der Waals surface area contributed by atoms with E-state index in [0.717, 1.165) is 22.3 Å². The summed E-state index contributed by atoms with van der Waals surface area (Å²) in [7, 11) is 0. The van der Waals surface area contributed by atoms with Gasteiger partial charge in [0.2, 0.25) is 17.8 Å². The number of hydrogen-bond acceptors (Lipinski definition) is 11. The Kier molecular flexibility index (Phi) is 11.9. The number of benzene rings is 2. The monoisotopic (exact) mass is 667 g/mol. The van der Waals surface area contributed by atoms with Crippen LogP contribution in [-0.2, 0) is 0 Å². The predicted molar refractivity (Wildman–Crippen MR) is 182 cm³/mol. The molecular weight excluding hydrogens is 637 g/mol. The molecule has 0 amide bonds. The summed E-state index contributed by atoms with van der Waals surface area (Å²) < 4.78 is 5.54. The van der Waals surface area contributed by atoms with Gasteiger partial charge in [-0.15, -0.1) is 0 Å². The maximum Gasteiger partial charge on any atom is 0.222 e. The lowest BCUT2D eigenvalue weighted by atomic mass is 10.1. The summed E-state index contributed by atoms with van der Waals surface area (Å²) in [4.78, 5) is 20.9. The smallest absolute Gasteiger partial charge is 0.222 e. The Labute approximate surface area is 276 Å². The molecule has 0 spiro atoms. The lowest BCUT2D eigenvalue weighted by Gasteiger charge is -2.11. The highest BCUT2D eigenvalue weighted by Gasteiger charge is 2.11. The van der Waals surface area contributed by atoms with Gasteiger partial charge in [0.15, 0.2) is 0 Å². The van der Waals surface area contributed by atoms with Crippen LogP contribution in [0.3, 0.4) is 0 Å². The molecule has 0 bridgehead atoms. The van der Waals surface area contributed by atoms with Crippen molar-refractivity contribution in [3.8, 4) is 28.4 Å². The van der Waals surface area contributed by atoms with Crippen LogP contribution in [0.2, 0.25) is 15.1 Å². The second-order valence-electron chi connectivity index (χ2n) is 9.56. The minimum absolute atomic E-state index is 0.0232. The summed E-state index contributed by atoms with van der Waals surface area (Å²) in [6.07, 6.45) is 1.54. The molecule has 2 aromatic carbocycles. The molecular formula is C31H32Cl3N9O2. The van der Waals surface area contributed by atoms with Crippen LogP contribution >= 0.6 is 34.8 Å². The van der Waals surface area contributed by atoms with Crippen molar-refractivity contribution in [1.82, 2.24) is 24.9 Å². The number of aliphatic hydroxyl groups is 1.